The third-order valence-corrected chi connectivity index (χ3v) is 4.63. The summed E-state index contributed by atoms with van der Waals surface area (Å²) in [5.74, 6) is -1.31. The molecule has 3 rings (SSSR count). The molecule has 0 saturated carbocycles. The van der Waals surface area contributed by atoms with Crippen molar-refractivity contribution in [2.75, 3.05) is 5.32 Å². The van der Waals surface area contributed by atoms with Gasteiger partial charge in [-0.25, -0.2) is 4.79 Å². The van der Waals surface area contributed by atoms with Gasteiger partial charge in [0.05, 0.1) is 30.2 Å². The molecule has 0 aliphatic rings. The average Bonchev–Trinajstić information content (AvgIpc) is 3.22. The van der Waals surface area contributed by atoms with Crippen LogP contribution in [0.2, 0.25) is 5.02 Å². The smallest absolute Gasteiger partial charge is 0.354 e. The fraction of sp³-hybridized carbons (Fsp3) is 0.263. The van der Waals surface area contributed by atoms with Crippen LogP contribution >= 0.6 is 11.6 Å². The molecular formula is C19H20ClN5O3. The molecule has 0 atom stereocenters. The molecule has 3 aromatic rings. The highest BCUT2D eigenvalue weighted by Crippen LogP contribution is 2.21. The van der Waals surface area contributed by atoms with Crippen LogP contribution in [0.3, 0.4) is 0 Å². The van der Waals surface area contributed by atoms with Gasteiger partial charge in [-0.15, -0.1) is 0 Å². The average molecular weight is 402 g/mol. The summed E-state index contributed by atoms with van der Waals surface area (Å²) >= 11 is 5.92. The molecule has 1 amide bonds. The van der Waals surface area contributed by atoms with Crippen molar-refractivity contribution in [2.45, 2.75) is 33.4 Å². The Morgan fingerprint density at radius 1 is 1.14 bits per heavy atom. The third kappa shape index (κ3) is 4.40. The van der Waals surface area contributed by atoms with Crippen LogP contribution in [0.15, 0.2) is 36.5 Å². The van der Waals surface area contributed by atoms with Crippen LogP contribution in [0.25, 0.3) is 0 Å². The maximum Gasteiger partial charge on any atom is 0.354 e. The van der Waals surface area contributed by atoms with Gasteiger partial charge in [0.25, 0.3) is 0 Å². The number of aromatic carboxylic acids is 1. The first-order chi connectivity index (χ1) is 13.3. The number of carbonyl (C=O) groups excluding carboxylic acids is 1. The van der Waals surface area contributed by atoms with E-state index in [-0.39, 0.29) is 24.6 Å². The van der Waals surface area contributed by atoms with Crippen molar-refractivity contribution in [3.8, 4) is 0 Å². The Bertz CT molecular complexity index is 1010. The van der Waals surface area contributed by atoms with Crippen molar-refractivity contribution < 1.29 is 14.7 Å². The molecule has 0 aliphatic carbocycles. The second-order valence-corrected chi connectivity index (χ2v) is 6.81. The fourth-order valence-corrected chi connectivity index (χ4v) is 3.02. The SMILES string of the molecule is Cc1nn(Cc2ccc(Cl)cc2)c(C)c1NC(=O)CCn1nccc1C(=O)O. The Labute approximate surface area is 166 Å². The number of aromatic nitrogens is 4. The van der Waals surface area contributed by atoms with Crippen LogP contribution in [0.5, 0.6) is 0 Å². The molecule has 8 nitrogen and oxygen atoms in total. The van der Waals surface area contributed by atoms with Crippen molar-refractivity contribution in [1.29, 1.82) is 0 Å². The number of carbonyl (C=O) groups is 2. The van der Waals surface area contributed by atoms with E-state index in [9.17, 15) is 9.59 Å². The molecule has 0 spiro atoms. The van der Waals surface area contributed by atoms with Gasteiger partial charge in [0.15, 0.2) is 0 Å². The predicted octanol–water partition coefficient (Wildman–Crippen LogP) is 3.13. The lowest BCUT2D eigenvalue weighted by Crippen LogP contribution is -2.18. The molecule has 0 fully saturated rings. The van der Waals surface area contributed by atoms with E-state index in [4.69, 9.17) is 16.7 Å². The van der Waals surface area contributed by atoms with E-state index in [0.717, 1.165) is 11.3 Å². The number of amides is 1. The van der Waals surface area contributed by atoms with E-state index in [1.807, 2.05) is 42.8 Å². The van der Waals surface area contributed by atoms with Crippen molar-refractivity contribution >= 4 is 29.2 Å². The standard InChI is InChI=1S/C19H20ClN5O3/c1-12-18(13(2)25(23-12)11-14-3-5-15(20)6-4-14)22-17(26)8-10-24-16(19(27)28)7-9-21-24/h3-7,9H,8,10-11H2,1-2H3,(H,22,26)(H,27,28). The summed E-state index contributed by atoms with van der Waals surface area (Å²) in [6.45, 7) is 4.46. The summed E-state index contributed by atoms with van der Waals surface area (Å²) in [6, 6.07) is 8.91. The number of halogens is 1. The first kappa shape index (κ1) is 19.6. The Hall–Kier alpha value is -3.13. The first-order valence-corrected chi connectivity index (χ1v) is 9.06. The minimum Gasteiger partial charge on any atom is -0.477 e. The predicted molar refractivity (Wildman–Crippen MR) is 105 cm³/mol. The quantitative estimate of drug-likeness (QED) is 0.633. The van der Waals surface area contributed by atoms with Gasteiger partial charge in [-0.3, -0.25) is 14.2 Å². The van der Waals surface area contributed by atoms with Crippen LogP contribution < -0.4 is 5.32 Å². The van der Waals surface area contributed by atoms with Crippen molar-refractivity contribution in [1.82, 2.24) is 19.6 Å². The largest absolute Gasteiger partial charge is 0.477 e. The molecule has 0 aliphatic heterocycles. The number of nitrogens with one attached hydrogen (secondary N) is 1. The van der Waals surface area contributed by atoms with Gasteiger partial charge in [-0.05, 0) is 37.6 Å². The van der Waals surface area contributed by atoms with Crippen LogP contribution in [0.4, 0.5) is 5.69 Å². The van der Waals surface area contributed by atoms with Crippen molar-refractivity contribution in [2.24, 2.45) is 0 Å². The van der Waals surface area contributed by atoms with Gasteiger partial charge >= 0.3 is 5.97 Å². The topological polar surface area (TPSA) is 102 Å². The molecule has 9 heteroatoms. The molecule has 0 unspecified atom stereocenters. The first-order valence-electron chi connectivity index (χ1n) is 8.68. The Morgan fingerprint density at radius 3 is 2.54 bits per heavy atom. The van der Waals surface area contributed by atoms with E-state index >= 15 is 0 Å². The summed E-state index contributed by atoms with van der Waals surface area (Å²) in [6.07, 6.45) is 1.50. The summed E-state index contributed by atoms with van der Waals surface area (Å²) in [4.78, 5) is 23.4. The van der Waals surface area contributed by atoms with Gasteiger partial charge in [0, 0.05) is 17.6 Å². The van der Waals surface area contributed by atoms with Crippen molar-refractivity contribution in [3.05, 3.63) is 64.2 Å². The number of rotatable bonds is 7. The number of hydrogen-bond donors (Lipinski definition) is 2. The fourth-order valence-electron chi connectivity index (χ4n) is 2.90. The number of aryl methyl sites for hydroxylation is 2. The molecule has 0 saturated heterocycles. The Kier molecular flexibility index (Phi) is 5.79. The highest BCUT2D eigenvalue weighted by molar-refractivity contribution is 6.30. The van der Waals surface area contributed by atoms with Crippen LogP contribution in [0, 0.1) is 13.8 Å². The van der Waals surface area contributed by atoms with Gasteiger partial charge in [0.1, 0.15) is 5.69 Å². The molecule has 2 N–H and O–H groups in total. The summed E-state index contributed by atoms with van der Waals surface area (Å²) in [7, 11) is 0. The number of hydrogen-bond acceptors (Lipinski definition) is 4. The van der Waals surface area contributed by atoms with E-state index in [2.05, 4.69) is 15.5 Å². The monoisotopic (exact) mass is 401 g/mol. The zero-order valence-electron chi connectivity index (χ0n) is 15.5. The van der Waals surface area contributed by atoms with Crippen LogP contribution in [-0.2, 0) is 17.9 Å². The second-order valence-electron chi connectivity index (χ2n) is 6.37. The van der Waals surface area contributed by atoms with Crippen LogP contribution in [0.1, 0.15) is 33.9 Å². The van der Waals surface area contributed by atoms with Crippen LogP contribution in [-0.4, -0.2) is 36.5 Å². The highest BCUT2D eigenvalue weighted by Gasteiger charge is 2.16. The maximum atomic E-state index is 12.3. The maximum absolute atomic E-state index is 12.3. The summed E-state index contributed by atoms with van der Waals surface area (Å²) in [5, 5.41) is 21.1. The number of carboxylic acids is 1. The lowest BCUT2D eigenvalue weighted by atomic mass is 10.2. The summed E-state index contributed by atoms with van der Waals surface area (Å²) < 4.78 is 3.12. The zero-order valence-corrected chi connectivity index (χ0v) is 16.3. The number of anilines is 1. The van der Waals surface area contributed by atoms with Crippen molar-refractivity contribution in [3.63, 3.8) is 0 Å². The van der Waals surface area contributed by atoms with Gasteiger partial charge in [-0.2, -0.15) is 10.2 Å². The van der Waals surface area contributed by atoms with Gasteiger partial charge < -0.3 is 10.4 Å². The lowest BCUT2D eigenvalue weighted by Gasteiger charge is -2.08. The minimum absolute atomic E-state index is 0.0518. The number of carboxylic acid groups (broad SMARTS) is 1. The zero-order chi connectivity index (χ0) is 20.3. The normalized spacial score (nSPS) is 10.8. The van der Waals surface area contributed by atoms with E-state index in [1.165, 1.54) is 16.9 Å². The summed E-state index contributed by atoms with van der Waals surface area (Å²) in [5.41, 5.74) is 3.32. The molecule has 0 bridgehead atoms. The highest BCUT2D eigenvalue weighted by atomic mass is 35.5. The Morgan fingerprint density at radius 2 is 1.86 bits per heavy atom. The molecule has 28 heavy (non-hydrogen) atoms. The second kappa shape index (κ2) is 8.26. The number of nitrogens with zero attached hydrogens (tertiary/aromatic N) is 4. The lowest BCUT2D eigenvalue weighted by molar-refractivity contribution is -0.116. The van der Waals surface area contributed by atoms with Gasteiger partial charge in [-0.1, -0.05) is 23.7 Å². The molecule has 1 aromatic carbocycles. The molecule has 0 radical (unpaired) electrons. The third-order valence-electron chi connectivity index (χ3n) is 4.38. The van der Waals surface area contributed by atoms with Gasteiger partial charge in [0.2, 0.25) is 5.91 Å². The Balaban J connectivity index is 1.66. The molecule has 2 aromatic heterocycles. The minimum atomic E-state index is -1.08. The van der Waals surface area contributed by atoms with E-state index < -0.39 is 5.97 Å². The van der Waals surface area contributed by atoms with E-state index in [1.54, 1.807) is 0 Å². The molecular weight excluding hydrogens is 382 g/mol. The molecule has 146 valence electrons. The molecule has 2 heterocycles. The van der Waals surface area contributed by atoms with E-state index in [0.29, 0.717) is 22.9 Å². The number of benzene rings is 1.